The van der Waals surface area contributed by atoms with E-state index in [1.165, 1.54) is 14.1 Å². The third-order valence-corrected chi connectivity index (χ3v) is 4.19. The van der Waals surface area contributed by atoms with Gasteiger partial charge in [0.25, 0.3) is 5.56 Å². The van der Waals surface area contributed by atoms with E-state index in [9.17, 15) is 14.4 Å². The summed E-state index contributed by atoms with van der Waals surface area (Å²) < 4.78 is 7.66. The van der Waals surface area contributed by atoms with Crippen LogP contribution in [0.2, 0.25) is 0 Å². The molecule has 8 heteroatoms. The number of nitrogens with two attached hydrogens (primary N) is 1. The Morgan fingerprint density at radius 2 is 2.00 bits per heavy atom. The van der Waals surface area contributed by atoms with Gasteiger partial charge in [0.05, 0.1) is 12.6 Å². The van der Waals surface area contributed by atoms with Gasteiger partial charge >= 0.3 is 5.69 Å². The van der Waals surface area contributed by atoms with Crippen LogP contribution in [0.15, 0.2) is 9.59 Å². The summed E-state index contributed by atoms with van der Waals surface area (Å²) in [6.45, 7) is 1.43. The average Bonchev–Trinajstić information content (AvgIpc) is 2.52. The molecule has 2 N–H and O–H groups in total. The summed E-state index contributed by atoms with van der Waals surface area (Å²) in [6.07, 6.45) is 3.29. The van der Waals surface area contributed by atoms with Crippen LogP contribution in [-0.4, -0.2) is 52.7 Å². The van der Waals surface area contributed by atoms with E-state index >= 15 is 0 Å². The van der Waals surface area contributed by atoms with Crippen LogP contribution in [0.3, 0.4) is 0 Å². The summed E-state index contributed by atoms with van der Waals surface area (Å²) in [5, 5.41) is 0. The molecule has 1 aliphatic heterocycles. The number of aromatic nitrogens is 2. The molecule has 0 amide bonds. The minimum Gasteiger partial charge on any atom is -0.384 e. The van der Waals surface area contributed by atoms with Gasteiger partial charge in [-0.3, -0.25) is 23.6 Å². The van der Waals surface area contributed by atoms with Crippen LogP contribution in [0, 0.1) is 0 Å². The van der Waals surface area contributed by atoms with Crippen LogP contribution < -0.4 is 17.0 Å². The highest BCUT2D eigenvalue weighted by atomic mass is 16.5. The highest BCUT2D eigenvalue weighted by Crippen LogP contribution is 2.13. The second kappa shape index (κ2) is 7.10. The standard InChI is InChI=1S/C15H24N4O4/c1-17(8-10-6-4-5-7-23-10)9-11(20)12-13(16)18(2)15(22)19(3)14(12)21/h10H,4-9,16H2,1-3H3. The molecule has 1 saturated heterocycles. The van der Waals surface area contributed by atoms with E-state index in [0.29, 0.717) is 6.54 Å². The van der Waals surface area contributed by atoms with Crippen LogP contribution in [0.5, 0.6) is 0 Å². The average molecular weight is 324 g/mol. The molecule has 1 atom stereocenters. The topological polar surface area (TPSA) is 99.6 Å². The number of nitrogen functional groups attached to an aromatic ring is 1. The molecule has 1 unspecified atom stereocenters. The predicted molar refractivity (Wildman–Crippen MR) is 86.8 cm³/mol. The smallest absolute Gasteiger partial charge is 0.332 e. The molecule has 23 heavy (non-hydrogen) atoms. The van der Waals surface area contributed by atoms with Gasteiger partial charge in [0, 0.05) is 27.2 Å². The fourth-order valence-electron chi connectivity index (χ4n) is 2.81. The van der Waals surface area contributed by atoms with Gasteiger partial charge in [-0.25, -0.2) is 4.79 Å². The normalized spacial score (nSPS) is 18.3. The van der Waals surface area contributed by atoms with Crippen molar-refractivity contribution < 1.29 is 9.53 Å². The number of likely N-dealkylation sites (N-methyl/N-ethyl adjacent to an activating group) is 1. The Kier molecular flexibility index (Phi) is 5.38. The van der Waals surface area contributed by atoms with E-state index in [1.54, 1.807) is 7.05 Å². The Bertz CT molecular complexity index is 701. The summed E-state index contributed by atoms with van der Waals surface area (Å²) >= 11 is 0. The van der Waals surface area contributed by atoms with Crippen LogP contribution in [0.25, 0.3) is 0 Å². The molecule has 0 radical (unpaired) electrons. The molecule has 2 heterocycles. The maximum atomic E-state index is 12.5. The van der Waals surface area contributed by atoms with E-state index in [1.807, 2.05) is 4.90 Å². The molecular weight excluding hydrogens is 300 g/mol. The molecule has 0 spiro atoms. The molecule has 8 nitrogen and oxygen atoms in total. The number of Topliss-reactive ketones (excluding diaryl/α,β-unsaturated/α-hetero) is 1. The summed E-state index contributed by atoms with van der Waals surface area (Å²) in [6, 6.07) is 0. The second-order valence-electron chi connectivity index (χ2n) is 6.07. The van der Waals surface area contributed by atoms with Gasteiger partial charge in [-0.1, -0.05) is 0 Å². The highest BCUT2D eigenvalue weighted by Gasteiger charge is 2.23. The highest BCUT2D eigenvalue weighted by molar-refractivity contribution is 6.01. The maximum absolute atomic E-state index is 12.5. The van der Waals surface area contributed by atoms with Gasteiger partial charge in [-0.05, 0) is 26.3 Å². The summed E-state index contributed by atoms with van der Waals surface area (Å²) in [4.78, 5) is 38.2. The van der Waals surface area contributed by atoms with Crippen LogP contribution in [-0.2, 0) is 18.8 Å². The summed E-state index contributed by atoms with van der Waals surface area (Å²) in [7, 11) is 4.58. The fraction of sp³-hybridized carbons (Fsp3) is 0.667. The quantitative estimate of drug-likeness (QED) is 0.723. The molecular formula is C15H24N4O4. The molecule has 2 rings (SSSR count). The number of anilines is 1. The third kappa shape index (κ3) is 3.70. The zero-order chi connectivity index (χ0) is 17.1. The van der Waals surface area contributed by atoms with Gasteiger partial charge in [0.2, 0.25) is 0 Å². The number of carbonyl (C=O) groups excluding carboxylic acids is 1. The molecule has 1 aromatic rings. The minimum atomic E-state index is -0.655. The van der Waals surface area contributed by atoms with Crippen molar-refractivity contribution in [2.24, 2.45) is 14.1 Å². The first-order valence-corrected chi connectivity index (χ1v) is 7.71. The molecule has 0 aromatic carbocycles. The summed E-state index contributed by atoms with van der Waals surface area (Å²) in [5.41, 5.74) is 4.46. The Morgan fingerprint density at radius 1 is 1.30 bits per heavy atom. The Balaban J connectivity index is 2.14. The van der Waals surface area contributed by atoms with E-state index in [2.05, 4.69) is 0 Å². The third-order valence-electron chi connectivity index (χ3n) is 4.19. The molecule has 1 aromatic heterocycles. The SMILES string of the molecule is CN(CC(=O)c1c(N)n(C)c(=O)n(C)c1=O)CC1CCCCO1. The van der Waals surface area contributed by atoms with Crippen molar-refractivity contribution in [1.29, 1.82) is 0 Å². The van der Waals surface area contributed by atoms with E-state index in [4.69, 9.17) is 10.5 Å². The van der Waals surface area contributed by atoms with Crippen molar-refractivity contribution in [3.63, 3.8) is 0 Å². The Labute approximate surface area is 134 Å². The molecule has 0 aliphatic carbocycles. The van der Waals surface area contributed by atoms with Gasteiger partial charge in [0.15, 0.2) is 5.78 Å². The number of ketones is 1. The molecule has 0 bridgehead atoms. The van der Waals surface area contributed by atoms with Crippen molar-refractivity contribution in [3.05, 3.63) is 26.4 Å². The lowest BCUT2D eigenvalue weighted by molar-refractivity contribution is -0.000675. The van der Waals surface area contributed by atoms with Crippen molar-refractivity contribution in [1.82, 2.24) is 14.0 Å². The van der Waals surface area contributed by atoms with E-state index in [-0.39, 0.29) is 24.0 Å². The lowest BCUT2D eigenvalue weighted by atomic mass is 10.1. The molecule has 128 valence electrons. The summed E-state index contributed by atoms with van der Waals surface area (Å²) in [5.74, 6) is -0.484. The van der Waals surface area contributed by atoms with Crippen molar-refractivity contribution >= 4 is 11.6 Å². The number of ether oxygens (including phenoxy) is 1. The van der Waals surface area contributed by atoms with Crippen LogP contribution in [0.1, 0.15) is 29.6 Å². The van der Waals surface area contributed by atoms with Crippen molar-refractivity contribution in [2.45, 2.75) is 25.4 Å². The number of carbonyl (C=O) groups is 1. The van der Waals surface area contributed by atoms with Gasteiger partial charge in [0.1, 0.15) is 11.4 Å². The number of rotatable bonds is 5. The molecule has 1 aliphatic rings. The largest absolute Gasteiger partial charge is 0.384 e. The van der Waals surface area contributed by atoms with Gasteiger partial charge < -0.3 is 10.5 Å². The number of hydrogen-bond donors (Lipinski definition) is 1. The molecule has 0 saturated carbocycles. The fourth-order valence-corrected chi connectivity index (χ4v) is 2.81. The monoisotopic (exact) mass is 324 g/mol. The van der Waals surface area contributed by atoms with Crippen LogP contribution in [0.4, 0.5) is 5.82 Å². The lowest BCUT2D eigenvalue weighted by Crippen LogP contribution is -2.43. The zero-order valence-electron chi connectivity index (χ0n) is 13.9. The first kappa shape index (κ1) is 17.4. The minimum absolute atomic E-state index is 0.0531. The second-order valence-corrected chi connectivity index (χ2v) is 6.07. The number of hydrogen-bond acceptors (Lipinski definition) is 6. The van der Waals surface area contributed by atoms with E-state index in [0.717, 1.165) is 35.0 Å². The lowest BCUT2D eigenvalue weighted by Gasteiger charge is -2.27. The van der Waals surface area contributed by atoms with E-state index < -0.39 is 17.0 Å². The van der Waals surface area contributed by atoms with Crippen LogP contribution >= 0.6 is 0 Å². The van der Waals surface area contributed by atoms with Gasteiger partial charge in [-0.2, -0.15) is 0 Å². The molecule has 1 fully saturated rings. The van der Waals surface area contributed by atoms with Crippen molar-refractivity contribution in [2.75, 3.05) is 32.5 Å². The van der Waals surface area contributed by atoms with Gasteiger partial charge in [-0.15, -0.1) is 0 Å². The first-order chi connectivity index (χ1) is 10.8. The Morgan fingerprint density at radius 3 is 2.61 bits per heavy atom. The maximum Gasteiger partial charge on any atom is 0.332 e. The first-order valence-electron chi connectivity index (χ1n) is 7.71. The predicted octanol–water partition coefficient (Wildman–Crippen LogP) is -0.650. The van der Waals surface area contributed by atoms with Crippen molar-refractivity contribution in [3.8, 4) is 0 Å². The zero-order valence-corrected chi connectivity index (χ0v) is 13.9. The Hall–Kier alpha value is -1.93. The number of nitrogens with zero attached hydrogens (tertiary/aromatic N) is 3.